The van der Waals surface area contributed by atoms with Gasteiger partial charge >= 0.3 is 0 Å². The largest absolute Gasteiger partial charge is 0.356 e. The van der Waals surface area contributed by atoms with Crippen LogP contribution in [0.5, 0.6) is 0 Å². The topological polar surface area (TPSA) is 66.2 Å². The van der Waals surface area contributed by atoms with Gasteiger partial charge in [-0.1, -0.05) is 36.0 Å². The molecule has 47 heavy (non-hydrogen) atoms. The summed E-state index contributed by atoms with van der Waals surface area (Å²) in [5.74, 6) is 0.151. The number of rotatable bonds is 16. The number of pyridine rings is 2. The Morgan fingerprint density at radius 3 is 2.51 bits per heavy atom. The number of aryl methyl sites for hydroxylation is 2. The van der Waals surface area contributed by atoms with Crippen LogP contribution in [0.1, 0.15) is 66.6 Å². The molecule has 0 spiro atoms. The number of carbonyl (C=O) groups excluding carboxylic acids is 2. The number of benzene rings is 2. The van der Waals surface area contributed by atoms with Crippen LogP contribution in [0.3, 0.4) is 0 Å². The summed E-state index contributed by atoms with van der Waals surface area (Å²) in [5, 5.41) is 5.49. The summed E-state index contributed by atoms with van der Waals surface area (Å²) < 4.78 is 3.37. The maximum absolute atomic E-state index is 12.3. The quantitative estimate of drug-likeness (QED) is 0.0602. The molecule has 1 amide bonds. The fourth-order valence-electron chi connectivity index (χ4n) is 6.13. The minimum Gasteiger partial charge on any atom is -0.356 e. The van der Waals surface area contributed by atoms with Crippen molar-refractivity contribution in [1.29, 1.82) is 0 Å². The van der Waals surface area contributed by atoms with Crippen molar-refractivity contribution in [2.75, 3.05) is 45.7 Å². The van der Waals surface area contributed by atoms with Gasteiger partial charge in [0.15, 0.2) is 18.5 Å². The zero-order chi connectivity index (χ0) is 33.2. The van der Waals surface area contributed by atoms with E-state index in [1.54, 1.807) is 6.20 Å². The lowest BCUT2D eigenvalue weighted by Crippen LogP contribution is -2.44. The maximum Gasteiger partial charge on any atom is 0.219 e. The summed E-state index contributed by atoms with van der Waals surface area (Å²) in [6.07, 6.45) is 11.9. The number of Topliss-reactive ketones (excluding diaryl/α,β-unsaturated/α-hetero) is 1. The highest BCUT2D eigenvalue weighted by atomic mass is 32.2. The Labute approximate surface area is 284 Å². The second kappa shape index (κ2) is 16.2. The van der Waals surface area contributed by atoms with E-state index in [0.717, 1.165) is 55.5 Å². The number of nitrogens with one attached hydrogen (secondary N) is 1. The third kappa shape index (κ3) is 9.52. The molecular formula is C39H49N5O2S+2. The third-order valence-electron chi connectivity index (χ3n) is 8.98. The predicted molar refractivity (Wildman–Crippen MR) is 193 cm³/mol. The number of para-hydroxylation sites is 2. The molecule has 5 rings (SSSR count). The van der Waals surface area contributed by atoms with E-state index in [-0.39, 0.29) is 11.7 Å². The number of thioether (sulfide) groups is 1. The Bertz CT molecular complexity index is 1720. The van der Waals surface area contributed by atoms with Crippen molar-refractivity contribution in [3.05, 3.63) is 101 Å². The van der Waals surface area contributed by atoms with Crippen molar-refractivity contribution in [3.63, 3.8) is 0 Å². The van der Waals surface area contributed by atoms with Gasteiger partial charge in [0.2, 0.25) is 11.4 Å². The first kappa shape index (κ1) is 34.3. The molecule has 0 fully saturated rings. The fraction of sp³-hybridized carbons (Fsp3) is 0.385. The van der Waals surface area contributed by atoms with E-state index < -0.39 is 0 Å². The van der Waals surface area contributed by atoms with Gasteiger partial charge in [-0.3, -0.25) is 14.6 Å². The molecule has 0 unspecified atom stereocenters. The number of fused-ring (bicyclic) bond motifs is 2. The first-order chi connectivity index (χ1) is 22.7. The number of anilines is 1. The van der Waals surface area contributed by atoms with E-state index in [2.05, 4.69) is 108 Å². The molecule has 0 aliphatic carbocycles. The van der Waals surface area contributed by atoms with E-state index in [0.29, 0.717) is 31.4 Å². The van der Waals surface area contributed by atoms with Gasteiger partial charge < -0.3 is 14.7 Å². The molecule has 2 aromatic carbocycles. The van der Waals surface area contributed by atoms with Gasteiger partial charge in [0.1, 0.15) is 0 Å². The van der Waals surface area contributed by atoms with Gasteiger partial charge in [0.25, 0.3) is 0 Å². The standard InChI is InChI=1S/C39H48N5O2S/c1-30-20-21-32(29-41-30)36(45)17-12-23-40-38(46)19-6-5-11-26-44(3,4)27-13-24-43-25-22-31(33-14-7-8-15-34(33)43)28-39-42(2)35-16-9-10-18-37(35)47-39/h7-10,14-16,18,20-22,25,28-29H,5-6,11-13,17,19,23-24,26-27H2,1-4H3/q+1/p+1. The molecule has 1 aliphatic heterocycles. The average Bonchev–Trinajstić information content (AvgIpc) is 3.38. The second-order valence-corrected chi connectivity index (χ2v) is 14.3. The number of quaternary nitrogens is 1. The van der Waals surface area contributed by atoms with Crippen LogP contribution in [0.2, 0.25) is 0 Å². The van der Waals surface area contributed by atoms with Crippen LogP contribution in [-0.2, 0) is 11.3 Å². The summed E-state index contributed by atoms with van der Waals surface area (Å²) in [6, 6.07) is 23.2. The number of amides is 1. The van der Waals surface area contributed by atoms with Crippen LogP contribution in [0.25, 0.3) is 17.0 Å². The van der Waals surface area contributed by atoms with Crippen LogP contribution in [0.4, 0.5) is 5.69 Å². The van der Waals surface area contributed by atoms with Crippen LogP contribution < -0.4 is 14.8 Å². The van der Waals surface area contributed by atoms with Gasteiger partial charge in [0, 0.05) is 60.9 Å². The Morgan fingerprint density at radius 1 is 0.915 bits per heavy atom. The monoisotopic (exact) mass is 651 g/mol. The van der Waals surface area contributed by atoms with E-state index >= 15 is 0 Å². The van der Waals surface area contributed by atoms with Crippen molar-refractivity contribution >= 4 is 46.1 Å². The Morgan fingerprint density at radius 2 is 1.70 bits per heavy atom. The van der Waals surface area contributed by atoms with E-state index in [4.69, 9.17) is 0 Å². The summed E-state index contributed by atoms with van der Waals surface area (Å²) in [6.45, 7) is 5.62. The minimum atomic E-state index is 0.0732. The lowest BCUT2D eigenvalue weighted by Gasteiger charge is -2.29. The highest BCUT2D eigenvalue weighted by Gasteiger charge is 2.22. The third-order valence-corrected chi connectivity index (χ3v) is 10.1. The van der Waals surface area contributed by atoms with Gasteiger partial charge in [-0.15, -0.1) is 0 Å². The van der Waals surface area contributed by atoms with E-state index in [9.17, 15) is 9.59 Å². The van der Waals surface area contributed by atoms with Crippen LogP contribution in [0, 0.1) is 6.92 Å². The molecule has 4 aromatic rings. The number of hydrogen-bond donors (Lipinski definition) is 1. The highest BCUT2D eigenvalue weighted by Crippen LogP contribution is 2.45. The Balaban J connectivity index is 1.01. The highest BCUT2D eigenvalue weighted by molar-refractivity contribution is 8.03. The smallest absolute Gasteiger partial charge is 0.219 e. The van der Waals surface area contributed by atoms with Gasteiger partial charge in [-0.05, 0) is 74.6 Å². The van der Waals surface area contributed by atoms with Gasteiger partial charge in [-0.25, -0.2) is 0 Å². The summed E-state index contributed by atoms with van der Waals surface area (Å²) in [4.78, 5) is 32.3. The zero-order valence-electron chi connectivity index (χ0n) is 28.4. The Kier molecular flexibility index (Phi) is 11.8. The van der Waals surface area contributed by atoms with E-state index in [1.165, 1.54) is 32.1 Å². The zero-order valence-corrected chi connectivity index (χ0v) is 29.2. The van der Waals surface area contributed by atoms with Crippen LogP contribution >= 0.6 is 11.8 Å². The molecule has 7 nitrogen and oxygen atoms in total. The molecule has 1 N–H and O–H groups in total. The SMILES string of the molecule is Cc1ccc(C(=O)CCCNC(=O)CCCCC[N+](C)(C)CCC[n+]2ccc(/C=C3\Sc4ccccc4N3C)c3ccccc32)cn1. The molecule has 0 saturated heterocycles. The van der Waals surface area contributed by atoms with Crippen molar-refractivity contribution in [2.45, 2.75) is 63.3 Å². The second-order valence-electron chi connectivity index (χ2n) is 13.2. The molecule has 8 heteroatoms. The molecule has 0 atom stereocenters. The van der Waals surface area contributed by atoms with Gasteiger partial charge in [0.05, 0.1) is 49.7 Å². The number of nitrogens with zero attached hydrogens (tertiary/aromatic N) is 4. The maximum atomic E-state index is 12.3. The number of carbonyl (C=O) groups is 2. The Hall–Kier alpha value is -4.01. The van der Waals surface area contributed by atoms with Crippen LogP contribution in [-0.4, -0.2) is 61.9 Å². The molecule has 0 bridgehead atoms. The van der Waals surface area contributed by atoms with Crippen molar-refractivity contribution in [1.82, 2.24) is 10.3 Å². The minimum absolute atomic E-state index is 0.0732. The summed E-state index contributed by atoms with van der Waals surface area (Å²) in [7, 11) is 6.77. The van der Waals surface area contributed by atoms with Gasteiger partial charge in [-0.2, -0.15) is 4.57 Å². The molecule has 0 radical (unpaired) electrons. The molecule has 3 heterocycles. The summed E-state index contributed by atoms with van der Waals surface area (Å²) in [5.41, 5.74) is 5.31. The van der Waals surface area contributed by atoms with E-state index in [1.807, 2.05) is 30.8 Å². The molecular weight excluding hydrogens is 603 g/mol. The summed E-state index contributed by atoms with van der Waals surface area (Å²) >= 11 is 1.83. The van der Waals surface area contributed by atoms with Crippen molar-refractivity contribution in [2.24, 2.45) is 0 Å². The lowest BCUT2D eigenvalue weighted by atomic mass is 10.1. The molecule has 0 saturated carbocycles. The first-order valence-corrected chi connectivity index (χ1v) is 17.7. The molecule has 2 aromatic heterocycles. The molecule has 246 valence electrons. The lowest BCUT2D eigenvalue weighted by molar-refractivity contribution is -0.892. The average molecular weight is 652 g/mol. The fourth-order valence-corrected chi connectivity index (χ4v) is 7.24. The first-order valence-electron chi connectivity index (χ1n) is 16.9. The normalized spacial score (nSPS) is 13.7. The number of ketones is 1. The predicted octanol–water partition coefficient (Wildman–Crippen LogP) is 7.18. The van der Waals surface area contributed by atoms with Crippen molar-refractivity contribution in [3.8, 4) is 0 Å². The molecule has 1 aliphatic rings. The number of unbranched alkanes of at least 4 members (excludes halogenated alkanes) is 2. The van der Waals surface area contributed by atoms with Crippen molar-refractivity contribution < 1.29 is 18.6 Å². The number of hydrogen-bond acceptors (Lipinski definition) is 5. The number of aromatic nitrogens is 2. The van der Waals surface area contributed by atoms with Crippen LogP contribution in [0.15, 0.2) is 89.0 Å².